The summed E-state index contributed by atoms with van der Waals surface area (Å²) in [6.45, 7) is 0. The van der Waals surface area contributed by atoms with Crippen LogP contribution in [0.3, 0.4) is 0 Å². The van der Waals surface area contributed by atoms with E-state index in [1.54, 1.807) is 18.2 Å². The molecule has 0 aliphatic carbocycles. The van der Waals surface area contributed by atoms with Crippen molar-refractivity contribution in [2.45, 2.75) is 0 Å². The molecule has 5 nitrogen and oxygen atoms in total. The summed E-state index contributed by atoms with van der Waals surface area (Å²) in [4.78, 5) is 12.0. The van der Waals surface area contributed by atoms with Gasteiger partial charge in [0, 0.05) is 4.47 Å². The highest BCUT2D eigenvalue weighted by atomic mass is 79.9. The van der Waals surface area contributed by atoms with Crippen molar-refractivity contribution < 1.29 is 12.6 Å². The Morgan fingerprint density at radius 1 is 1.30 bits per heavy atom. The summed E-state index contributed by atoms with van der Waals surface area (Å²) in [5.41, 5.74) is 0.266. The number of halogens is 1. The summed E-state index contributed by atoms with van der Waals surface area (Å²) >= 11 is 3.22. The van der Waals surface area contributed by atoms with E-state index in [-0.39, 0.29) is 34.8 Å². The van der Waals surface area contributed by atoms with Crippen molar-refractivity contribution in [3.63, 3.8) is 0 Å². The molecule has 0 unspecified atom stereocenters. The van der Waals surface area contributed by atoms with E-state index in [9.17, 15) is 9.90 Å². The zero-order valence-corrected chi connectivity index (χ0v) is 11.7. The Bertz CT molecular complexity index is 747. The Hall–Kier alpha value is -2.52. The van der Waals surface area contributed by atoms with Crippen molar-refractivity contribution in [3.8, 4) is 11.8 Å². The van der Waals surface area contributed by atoms with Gasteiger partial charge in [0.1, 0.15) is 5.75 Å². The van der Waals surface area contributed by atoms with E-state index in [2.05, 4.69) is 26.6 Å². The average Bonchev–Trinajstić information content (AvgIpc) is 2.46. The number of phenolic OH excluding ortho intramolecular Hbond substituents is 1. The Labute approximate surface area is 126 Å². The second kappa shape index (κ2) is 6.08. The zero-order chi connectivity index (χ0) is 16.3. The van der Waals surface area contributed by atoms with Gasteiger partial charge in [0.2, 0.25) is 0 Å². The number of aromatic hydroxyl groups is 1. The highest BCUT2D eigenvalue weighted by Gasteiger charge is 2.08. The third-order valence-corrected chi connectivity index (χ3v) is 2.99. The summed E-state index contributed by atoms with van der Waals surface area (Å²) in [6, 6.07) is 8.23. The van der Waals surface area contributed by atoms with Gasteiger partial charge in [-0.2, -0.15) is 5.26 Å². The molecule has 100 valence electrons. The van der Waals surface area contributed by atoms with Crippen molar-refractivity contribution in [3.05, 3.63) is 52.5 Å². The first-order chi connectivity index (χ1) is 10.4. The van der Waals surface area contributed by atoms with Gasteiger partial charge in [0.05, 0.1) is 25.7 Å². The quantitative estimate of drug-likeness (QED) is 0.732. The maximum atomic E-state index is 12.0. The number of amides is 2. The maximum absolute atomic E-state index is 12.0. The van der Waals surface area contributed by atoms with Gasteiger partial charge < -0.3 is 15.7 Å². The highest BCUT2D eigenvalue weighted by molar-refractivity contribution is 9.10. The van der Waals surface area contributed by atoms with Crippen LogP contribution in [0.15, 0.2) is 46.9 Å². The molecule has 0 heterocycles. The summed E-state index contributed by atoms with van der Waals surface area (Å²) in [5.74, 6) is -0.377. The lowest BCUT2D eigenvalue weighted by molar-refractivity contribution is 0.262. The fraction of sp³-hybridized carbons (Fsp3) is 0. The van der Waals surface area contributed by atoms with Crippen LogP contribution in [0.1, 0.15) is 8.30 Å². The van der Waals surface area contributed by atoms with E-state index in [1.807, 2.05) is 0 Å². The summed E-state index contributed by atoms with van der Waals surface area (Å²) in [6.07, 6.45) is 0. The van der Waals surface area contributed by atoms with Gasteiger partial charge in [-0.1, -0.05) is 12.1 Å². The Morgan fingerprint density at radius 2 is 2.05 bits per heavy atom. The monoisotopic (exact) mass is 335 g/mol. The fourth-order valence-electron chi connectivity index (χ4n) is 1.42. The summed E-state index contributed by atoms with van der Waals surface area (Å²) in [5, 5.41) is 23.3. The first-order valence-corrected chi connectivity index (χ1v) is 6.28. The number of rotatable bonds is 2. The van der Waals surface area contributed by atoms with Gasteiger partial charge in [-0.25, -0.2) is 4.79 Å². The molecule has 0 radical (unpaired) electrons. The minimum absolute atomic E-state index is 0.111. The number of nitrogens with one attached hydrogen (secondary N) is 2. The van der Waals surface area contributed by atoms with Gasteiger partial charge in [-0.3, -0.25) is 0 Å². The van der Waals surface area contributed by atoms with Crippen molar-refractivity contribution >= 4 is 33.3 Å². The van der Waals surface area contributed by atoms with E-state index in [0.29, 0.717) is 4.47 Å². The number of carbonyl (C=O) groups is 1. The van der Waals surface area contributed by atoms with Crippen molar-refractivity contribution in [1.29, 1.82) is 5.26 Å². The first kappa shape index (κ1) is 11.3. The molecule has 6 heteroatoms. The minimum Gasteiger partial charge on any atom is -0.506 e. The SMILES string of the molecule is [3H]c1cc(C#N)cc(O)c1NC(=O)Nc1c([3H])cccc1Br. The van der Waals surface area contributed by atoms with E-state index in [4.69, 9.17) is 8.00 Å². The van der Waals surface area contributed by atoms with Crippen molar-refractivity contribution in [1.82, 2.24) is 0 Å². The Morgan fingerprint density at radius 3 is 2.70 bits per heavy atom. The van der Waals surface area contributed by atoms with Crippen molar-refractivity contribution in [2.75, 3.05) is 10.6 Å². The lowest BCUT2D eigenvalue weighted by atomic mass is 10.2. The predicted molar refractivity (Wildman–Crippen MR) is 79.6 cm³/mol. The molecule has 2 aromatic rings. The van der Waals surface area contributed by atoms with Crippen LogP contribution in [0.5, 0.6) is 5.75 Å². The number of hydrogen-bond donors (Lipinski definition) is 3. The second-order valence-corrected chi connectivity index (χ2v) is 4.59. The molecule has 0 spiro atoms. The molecule has 0 aliphatic heterocycles. The maximum Gasteiger partial charge on any atom is 0.323 e. The standard InChI is InChI=1S/C14H10BrN3O2/c15-10-3-1-2-4-11(10)17-14(20)18-12-6-5-9(8-16)7-13(12)19/h1-7,19H,(H2,17,18,20)/i4T,6T. The molecule has 0 atom stereocenters. The number of nitriles is 1. The van der Waals surface area contributed by atoms with E-state index in [0.717, 1.165) is 6.07 Å². The summed E-state index contributed by atoms with van der Waals surface area (Å²) < 4.78 is 16.0. The number of nitrogens with zero attached hydrogens (tertiary/aromatic N) is 1. The Kier molecular flexibility index (Phi) is 3.44. The molecule has 3 N–H and O–H groups in total. The number of benzene rings is 2. The number of urea groups is 1. The fourth-order valence-corrected chi connectivity index (χ4v) is 1.79. The van der Waals surface area contributed by atoms with Crippen LogP contribution in [0, 0.1) is 11.3 Å². The van der Waals surface area contributed by atoms with Crippen LogP contribution in [0.2, 0.25) is 0 Å². The highest BCUT2D eigenvalue weighted by Crippen LogP contribution is 2.25. The number of hydrogen-bond acceptors (Lipinski definition) is 3. The minimum atomic E-state index is -0.714. The predicted octanol–water partition coefficient (Wildman–Crippen LogP) is 3.67. The van der Waals surface area contributed by atoms with Gasteiger partial charge in [0.15, 0.2) is 0 Å². The van der Waals surface area contributed by atoms with E-state index < -0.39 is 6.03 Å². The molecule has 2 aromatic carbocycles. The molecule has 0 aromatic heterocycles. The van der Waals surface area contributed by atoms with Crippen molar-refractivity contribution in [2.24, 2.45) is 0 Å². The van der Waals surface area contributed by atoms with Gasteiger partial charge in [-0.05, 0) is 46.2 Å². The molecular weight excluding hydrogens is 322 g/mol. The molecule has 0 saturated carbocycles. The largest absolute Gasteiger partial charge is 0.506 e. The van der Waals surface area contributed by atoms with Crippen LogP contribution in [-0.2, 0) is 0 Å². The number of para-hydroxylation sites is 1. The average molecular weight is 336 g/mol. The molecule has 0 bridgehead atoms. The van der Waals surface area contributed by atoms with E-state index >= 15 is 0 Å². The lowest BCUT2D eigenvalue weighted by Crippen LogP contribution is -2.19. The molecule has 2 amide bonds. The number of carbonyl (C=O) groups excluding carboxylic acids is 1. The number of phenols is 1. The van der Waals surface area contributed by atoms with Crippen LogP contribution in [-0.4, -0.2) is 11.1 Å². The Balaban J connectivity index is 2.22. The molecule has 0 saturated heterocycles. The zero-order valence-electron chi connectivity index (χ0n) is 12.1. The topological polar surface area (TPSA) is 85.2 Å². The van der Waals surface area contributed by atoms with Gasteiger partial charge >= 0.3 is 6.03 Å². The molecule has 20 heavy (non-hydrogen) atoms. The first-order valence-electron chi connectivity index (χ1n) is 6.49. The van der Waals surface area contributed by atoms with Gasteiger partial charge in [0.25, 0.3) is 0 Å². The third kappa shape index (κ3) is 3.28. The lowest BCUT2D eigenvalue weighted by Gasteiger charge is -2.10. The molecule has 2 rings (SSSR count). The number of anilines is 2. The molecule has 0 aliphatic rings. The van der Waals surface area contributed by atoms with Crippen LogP contribution >= 0.6 is 15.9 Å². The third-order valence-electron chi connectivity index (χ3n) is 2.33. The second-order valence-electron chi connectivity index (χ2n) is 3.73. The molecular formula is C14H10BrN3O2. The van der Waals surface area contributed by atoms with Gasteiger partial charge in [-0.15, -0.1) is 0 Å². The van der Waals surface area contributed by atoms with E-state index in [1.165, 1.54) is 12.1 Å². The molecule has 0 fully saturated rings. The summed E-state index contributed by atoms with van der Waals surface area (Å²) in [7, 11) is 0. The normalized spacial score (nSPS) is 11.0. The smallest absolute Gasteiger partial charge is 0.323 e. The van der Waals surface area contributed by atoms with Crippen LogP contribution in [0.4, 0.5) is 16.2 Å². The van der Waals surface area contributed by atoms with Crippen LogP contribution in [0.25, 0.3) is 0 Å². The van der Waals surface area contributed by atoms with Crippen LogP contribution < -0.4 is 10.6 Å².